The van der Waals surface area contributed by atoms with Gasteiger partial charge in [-0.2, -0.15) is 0 Å². The zero-order valence-electron chi connectivity index (χ0n) is 19.0. The van der Waals surface area contributed by atoms with Gasteiger partial charge in [-0.05, 0) is 68.3 Å². The molecule has 8 heteroatoms. The van der Waals surface area contributed by atoms with Crippen LogP contribution < -0.4 is 15.4 Å². The van der Waals surface area contributed by atoms with E-state index in [1.165, 1.54) is 0 Å². The zero-order valence-corrected chi connectivity index (χ0v) is 19.0. The van der Waals surface area contributed by atoms with Crippen LogP contribution >= 0.6 is 0 Å². The Kier molecular flexibility index (Phi) is 7.05. The van der Waals surface area contributed by atoms with Gasteiger partial charge in [-0.3, -0.25) is 14.8 Å². The molecule has 1 amide bonds. The van der Waals surface area contributed by atoms with Gasteiger partial charge in [0.1, 0.15) is 11.3 Å². The number of benzene rings is 1. The van der Waals surface area contributed by atoms with E-state index in [1.54, 1.807) is 48.6 Å². The summed E-state index contributed by atoms with van der Waals surface area (Å²) in [5, 5.41) is 11.4. The summed E-state index contributed by atoms with van der Waals surface area (Å²) in [7, 11) is 1.73. The van der Waals surface area contributed by atoms with Crippen molar-refractivity contribution in [2.45, 2.75) is 24.9 Å². The molecule has 0 saturated carbocycles. The van der Waals surface area contributed by atoms with E-state index >= 15 is 0 Å². The number of β-amino-alcohol motifs (C(OH)–C–C–N with tert-alkyl or cyclic N) is 1. The van der Waals surface area contributed by atoms with E-state index in [4.69, 9.17) is 10.5 Å². The van der Waals surface area contributed by atoms with Gasteiger partial charge in [0, 0.05) is 38.1 Å². The molecule has 33 heavy (non-hydrogen) atoms. The van der Waals surface area contributed by atoms with Crippen LogP contribution in [0.1, 0.15) is 29.6 Å². The lowest BCUT2D eigenvalue weighted by Gasteiger charge is -2.42. The molecule has 4 rings (SSSR count). The highest BCUT2D eigenvalue weighted by molar-refractivity contribution is 5.94. The molecule has 174 valence electrons. The highest BCUT2D eigenvalue weighted by Gasteiger charge is 2.36. The average molecular weight is 450 g/mol. The summed E-state index contributed by atoms with van der Waals surface area (Å²) in [6.45, 7) is 2.62. The number of rotatable bonds is 8. The fraction of sp³-hybridized carbons (Fsp3) is 0.400. The van der Waals surface area contributed by atoms with Gasteiger partial charge in [-0.25, -0.2) is 0 Å². The highest BCUT2D eigenvalue weighted by Crippen LogP contribution is 2.30. The van der Waals surface area contributed by atoms with Crippen molar-refractivity contribution in [2.24, 2.45) is 5.73 Å². The van der Waals surface area contributed by atoms with Crippen molar-refractivity contribution < 1.29 is 14.6 Å². The third kappa shape index (κ3) is 5.40. The van der Waals surface area contributed by atoms with Crippen molar-refractivity contribution in [1.29, 1.82) is 0 Å². The third-order valence-corrected chi connectivity index (χ3v) is 5.97. The Bertz CT molecular complexity index is 1090. The molecule has 1 aliphatic rings. The summed E-state index contributed by atoms with van der Waals surface area (Å²) in [6, 6.07) is 12.8. The van der Waals surface area contributed by atoms with Crippen molar-refractivity contribution in [3.8, 4) is 5.75 Å². The number of carbonyl (C=O) groups is 1. The summed E-state index contributed by atoms with van der Waals surface area (Å²) >= 11 is 0. The number of carbonyl (C=O) groups excluding carboxylic acids is 1. The highest BCUT2D eigenvalue weighted by atomic mass is 16.5. The summed E-state index contributed by atoms with van der Waals surface area (Å²) < 4.78 is 5.60. The van der Waals surface area contributed by atoms with Crippen LogP contribution in [0.15, 0.2) is 54.9 Å². The normalized spacial score (nSPS) is 18.3. The van der Waals surface area contributed by atoms with Crippen LogP contribution in [0.4, 0.5) is 5.69 Å². The van der Waals surface area contributed by atoms with E-state index < -0.39 is 5.60 Å². The predicted octanol–water partition coefficient (Wildman–Crippen LogP) is 2.46. The maximum absolute atomic E-state index is 13.0. The van der Waals surface area contributed by atoms with Gasteiger partial charge in [-0.15, -0.1) is 0 Å². The van der Waals surface area contributed by atoms with Crippen LogP contribution in [0.2, 0.25) is 0 Å². The monoisotopic (exact) mass is 449 g/mol. The van der Waals surface area contributed by atoms with Crippen LogP contribution in [0.3, 0.4) is 0 Å². The first-order chi connectivity index (χ1) is 16.0. The number of aromatic nitrogens is 2. The molecule has 0 bridgehead atoms. The second kappa shape index (κ2) is 10.1. The van der Waals surface area contributed by atoms with E-state index in [-0.39, 0.29) is 12.5 Å². The van der Waals surface area contributed by atoms with Crippen LogP contribution in [-0.4, -0.2) is 71.3 Å². The van der Waals surface area contributed by atoms with Crippen LogP contribution in [0.25, 0.3) is 11.0 Å². The molecule has 1 saturated heterocycles. The van der Waals surface area contributed by atoms with E-state index in [0.29, 0.717) is 37.4 Å². The Labute approximate surface area is 194 Å². The summed E-state index contributed by atoms with van der Waals surface area (Å²) in [5.41, 5.74) is 7.63. The van der Waals surface area contributed by atoms with Crippen molar-refractivity contribution in [3.63, 3.8) is 0 Å². The van der Waals surface area contributed by atoms with E-state index in [2.05, 4.69) is 14.9 Å². The van der Waals surface area contributed by atoms with E-state index in [1.807, 2.05) is 18.2 Å². The molecule has 1 atom stereocenters. The number of nitrogens with zero attached hydrogens (tertiary/aromatic N) is 4. The molecule has 0 aliphatic carbocycles. The Morgan fingerprint density at radius 2 is 2.03 bits per heavy atom. The predicted molar refractivity (Wildman–Crippen MR) is 129 cm³/mol. The fourth-order valence-corrected chi connectivity index (χ4v) is 4.37. The number of likely N-dealkylation sites (N-methyl/N-ethyl adjacent to an activating group) is 1. The largest absolute Gasteiger partial charge is 0.494 e. The van der Waals surface area contributed by atoms with Crippen molar-refractivity contribution >= 4 is 22.6 Å². The molecule has 3 heterocycles. The molecular weight excluding hydrogens is 418 g/mol. The number of anilines is 1. The van der Waals surface area contributed by atoms with Gasteiger partial charge in [-0.1, -0.05) is 0 Å². The number of piperidine rings is 1. The molecule has 0 unspecified atom stereocenters. The van der Waals surface area contributed by atoms with Crippen LogP contribution in [0, 0.1) is 0 Å². The minimum atomic E-state index is -1.02. The summed E-state index contributed by atoms with van der Waals surface area (Å²) in [5.74, 6) is 0.576. The van der Waals surface area contributed by atoms with Crippen molar-refractivity contribution in [1.82, 2.24) is 14.9 Å². The lowest BCUT2D eigenvalue weighted by Crippen LogP contribution is -2.54. The molecule has 1 aliphatic heterocycles. The Hall–Kier alpha value is -3.23. The quantitative estimate of drug-likeness (QED) is 0.509. The van der Waals surface area contributed by atoms with Gasteiger partial charge < -0.3 is 25.4 Å². The number of nitrogens with two attached hydrogens (primary N) is 1. The molecule has 0 radical (unpaired) electrons. The van der Waals surface area contributed by atoms with Gasteiger partial charge in [0.2, 0.25) is 0 Å². The first kappa shape index (κ1) is 22.9. The maximum atomic E-state index is 13.0. The SMILES string of the molecule is CN(C[C@]1(O)CCCN(c2ccnc3cccnc23)C1)C(=O)c1ccc(OCCCN)cc1. The molecule has 3 N–H and O–H groups in total. The lowest BCUT2D eigenvalue weighted by atomic mass is 9.91. The number of hydrogen-bond donors (Lipinski definition) is 2. The molecule has 0 spiro atoms. The van der Waals surface area contributed by atoms with Gasteiger partial charge in [0.15, 0.2) is 0 Å². The minimum Gasteiger partial charge on any atom is -0.494 e. The number of fused-ring (bicyclic) bond motifs is 1. The fourth-order valence-electron chi connectivity index (χ4n) is 4.37. The topological polar surface area (TPSA) is 105 Å². The smallest absolute Gasteiger partial charge is 0.253 e. The van der Waals surface area contributed by atoms with E-state index in [0.717, 1.165) is 36.1 Å². The third-order valence-electron chi connectivity index (χ3n) is 5.97. The number of pyridine rings is 2. The van der Waals surface area contributed by atoms with Crippen LogP contribution in [0.5, 0.6) is 5.75 Å². The summed E-state index contributed by atoms with van der Waals surface area (Å²) in [6.07, 6.45) is 5.76. The number of hydrogen-bond acceptors (Lipinski definition) is 7. The van der Waals surface area contributed by atoms with Gasteiger partial charge in [0.05, 0.1) is 30.0 Å². The minimum absolute atomic E-state index is 0.134. The van der Waals surface area contributed by atoms with Gasteiger partial charge >= 0.3 is 0 Å². The molecule has 1 aromatic carbocycles. The standard InChI is InChI=1S/C25H31N5O3/c1-29(24(31)19-6-8-20(9-7-19)33-16-4-12-26)17-25(32)11-3-15-30(18-25)22-10-14-27-21-5-2-13-28-23(21)22/h2,5-10,13-14,32H,3-4,11-12,15-18,26H2,1H3/t25-/m1/s1. The van der Waals surface area contributed by atoms with Gasteiger partial charge in [0.25, 0.3) is 5.91 Å². The number of amides is 1. The number of aliphatic hydroxyl groups is 1. The average Bonchev–Trinajstić information content (AvgIpc) is 2.83. The molecule has 3 aromatic rings. The summed E-state index contributed by atoms with van der Waals surface area (Å²) in [4.78, 5) is 25.6. The second-order valence-corrected chi connectivity index (χ2v) is 8.63. The molecule has 2 aromatic heterocycles. The second-order valence-electron chi connectivity index (χ2n) is 8.63. The maximum Gasteiger partial charge on any atom is 0.253 e. The molecule has 8 nitrogen and oxygen atoms in total. The first-order valence-corrected chi connectivity index (χ1v) is 11.3. The Morgan fingerprint density at radius 3 is 2.82 bits per heavy atom. The number of ether oxygens (including phenoxy) is 1. The van der Waals surface area contributed by atoms with Crippen molar-refractivity contribution in [3.05, 3.63) is 60.4 Å². The molecular formula is C25H31N5O3. The first-order valence-electron chi connectivity index (χ1n) is 11.3. The van der Waals surface area contributed by atoms with E-state index in [9.17, 15) is 9.90 Å². The zero-order chi connectivity index (χ0) is 23.3. The van der Waals surface area contributed by atoms with Crippen LogP contribution in [-0.2, 0) is 0 Å². The Morgan fingerprint density at radius 1 is 1.21 bits per heavy atom. The lowest BCUT2D eigenvalue weighted by molar-refractivity contribution is 0.0000607. The van der Waals surface area contributed by atoms with Crippen molar-refractivity contribution in [2.75, 3.05) is 44.7 Å². The molecule has 1 fully saturated rings. The Balaban J connectivity index is 1.42.